The van der Waals surface area contributed by atoms with E-state index in [9.17, 15) is 4.79 Å². The lowest BCUT2D eigenvalue weighted by Gasteiger charge is -1.99. The molecule has 0 aliphatic heterocycles. The van der Waals surface area contributed by atoms with Gasteiger partial charge in [0.2, 0.25) is 0 Å². The summed E-state index contributed by atoms with van der Waals surface area (Å²) < 4.78 is 0. The van der Waals surface area contributed by atoms with Crippen molar-refractivity contribution in [1.82, 2.24) is 0 Å². The van der Waals surface area contributed by atoms with Crippen LogP contribution >= 0.6 is 0 Å². The maximum absolute atomic E-state index is 10.3. The minimum Gasteiger partial charge on any atom is -0.298 e. The second-order valence-electron chi connectivity index (χ2n) is 3.25. The molecule has 0 aromatic heterocycles. The third-order valence-corrected chi connectivity index (χ3v) is 2.16. The van der Waals surface area contributed by atoms with Crippen LogP contribution in [0.3, 0.4) is 0 Å². The third kappa shape index (κ3) is 1.94. The van der Waals surface area contributed by atoms with Crippen LogP contribution in [0.1, 0.15) is 13.8 Å². The molecule has 0 amide bonds. The number of carbonyl (C=O) groups is 1. The van der Waals surface area contributed by atoms with Gasteiger partial charge in [-0.3, -0.25) is 4.79 Å². The molecule has 1 heteroatoms. The largest absolute Gasteiger partial charge is 0.298 e. The molecule has 12 heavy (non-hydrogen) atoms. The molecule has 0 heterocycles. The smallest absolute Gasteiger partial charge is 0.145 e. The summed E-state index contributed by atoms with van der Waals surface area (Å²) in [5, 5.41) is 0. The number of hydrogen-bond donors (Lipinski definition) is 0. The Morgan fingerprint density at radius 2 is 2.42 bits per heavy atom. The van der Waals surface area contributed by atoms with E-state index in [1.54, 1.807) is 0 Å². The van der Waals surface area contributed by atoms with E-state index >= 15 is 0 Å². The van der Waals surface area contributed by atoms with E-state index in [1.807, 2.05) is 19.1 Å². The van der Waals surface area contributed by atoms with Crippen LogP contribution in [0.25, 0.3) is 0 Å². The molecule has 0 saturated heterocycles. The Hall–Kier alpha value is -1.11. The van der Waals surface area contributed by atoms with Crippen molar-refractivity contribution < 1.29 is 4.79 Å². The number of rotatable bonds is 4. The quantitative estimate of drug-likeness (QED) is 0.352. The van der Waals surface area contributed by atoms with E-state index in [-0.39, 0.29) is 0 Å². The van der Waals surface area contributed by atoms with Gasteiger partial charge in [-0.2, -0.15) is 0 Å². The molecule has 1 rings (SSSR count). The summed E-state index contributed by atoms with van der Waals surface area (Å²) in [6, 6.07) is 0. The molecule has 0 bridgehead atoms. The molecule has 0 saturated carbocycles. The summed E-state index contributed by atoms with van der Waals surface area (Å²) in [4.78, 5) is 10.3. The van der Waals surface area contributed by atoms with Gasteiger partial charge in [0.1, 0.15) is 6.29 Å². The lowest BCUT2D eigenvalue weighted by atomic mass is 10.1. The number of hydrogen-bond acceptors (Lipinski definition) is 1. The van der Waals surface area contributed by atoms with Gasteiger partial charge < -0.3 is 0 Å². The highest BCUT2D eigenvalue weighted by molar-refractivity contribution is 5.72. The minimum atomic E-state index is 0.420. The summed E-state index contributed by atoms with van der Waals surface area (Å²) >= 11 is 0. The molecule has 0 fully saturated rings. The van der Waals surface area contributed by atoms with E-state index < -0.39 is 0 Å². The zero-order chi connectivity index (χ0) is 9.14. The molecule has 0 aromatic rings. The molecule has 1 aliphatic carbocycles. The first kappa shape index (κ1) is 8.98. The molecule has 2 atom stereocenters. The van der Waals surface area contributed by atoms with E-state index in [1.165, 1.54) is 5.57 Å². The van der Waals surface area contributed by atoms with Crippen molar-refractivity contribution in [2.75, 3.05) is 0 Å². The van der Waals surface area contributed by atoms with Crippen LogP contribution in [-0.2, 0) is 4.79 Å². The van der Waals surface area contributed by atoms with E-state index in [4.69, 9.17) is 0 Å². The number of allylic oxidation sites excluding steroid dienone is 5. The Morgan fingerprint density at radius 3 is 2.92 bits per heavy atom. The first-order chi connectivity index (χ1) is 5.69. The van der Waals surface area contributed by atoms with Crippen molar-refractivity contribution in [2.24, 2.45) is 11.8 Å². The Bertz CT molecular complexity index is 258. The fourth-order valence-electron chi connectivity index (χ4n) is 1.22. The summed E-state index contributed by atoms with van der Waals surface area (Å²) in [5.41, 5.74) is 2.19. The van der Waals surface area contributed by atoms with Gasteiger partial charge in [0, 0.05) is 5.92 Å². The molecule has 1 aliphatic rings. The van der Waals surface area contributed by atoms with Gasteiger partial charge in [0.25, 0.3) is 0 Å². The third-order valence-electron chi connectivity index (χ3n) is 2.16. The first-order valence-electron chi connectivity index (χ1n) is 4.16. The van der Waals surface area contributed by atoms with Crippen molar-refractivity contribution in [3.63, 3.8) is 0 Å². The molecule has 0 N–H and O–H groups in total. The first-order valence-corrected chi connectivity index (χ1v) is 4.16. The van der Waals surface area contributed by atoms with Gasteiger partial charge in [-0.25, -0.2) is 0 Å². The van der Waals surface area contributed by atoms with Crippen LogP contribution in [0, 0.1) is 11.8 Å². The summed E-state index contributed by atoms with van der Waals surface area (Å²) in [7, 11) is 0. The molecule has 0 aromatic carbocycles. The molecule has 64 valence electrons. The van der Waals surface area contributed by atoms with Crippen molar-refractivity contribution in [2.45, 2.75) is 13.8 Å². The lowest BCUT2D eigenvalue weighted by Crippen LogP contribution is -1.89. The van der Waals surface area contributed by atoms with Gasteiger partial charge in [0.05, 0.1) is 0 Å². The highest BCUT2D eigenvalue weighted by atomic mass is 16.1. The predicted molar refractivity (Wildman–Crippen MR) is 50.8 cm³/mol. The van der Waals surface area contributed by atoms with Crippen LogP contribution in [0.2, 0.25) is 0 Å². The Kier molecular flexibility index (Phi) is 2.64. The zero-order valence-electron chi connectivity index (χ0n) is 7.58. The Labute approximate surface area is 73.5 Å². The second kappa shape index (κ2) is 3.53. The second-order valence-corrected chi connectivity index (χ2v) is 3.25. The van der Waals surface area contributed by atoms with Gasteiger partial charge in [-0.1, -0.05) is 30.7 Å². The average Bonchev–Trinajstić information content (AvgIpc) is 2.82. The van der Waals surface area contributed by atoms with E-state index in [0.29, 0.717) is 11.8 Å². The topological polar surface area (TPSA) is 17.1 Å². The molecule has 0 radical (unpaired) electrons. The highest BCUT2D eigenvalue weighted by Crippen LogP contribution is 2.37. The van der Waals surface area contributed by atoms with Crippen molar-refractivity contribution in [3.8, 4) is 0 Å². The standard InChI is InChI=1S/C11H14O/c1-4-9(3)11-6-10(11)5-8(2)7-12/h4-7,9-10H,1H2,2-3H3. The van der Waals surface area contributed by atoms with Gasteiger partial charge in [-0.15, -0.1) is 6.58 Å². The summed E-state index contributed by atoms with van der Waals surface area (Å²) in [5.74, 6) is 0.869. The Balaban J connectivity index is 2.46. The minimum absolute atomic E-state index is 0.420. The zero-order valence-corrected chi connectivity index (χ0v) is 7.58. The van der Waals surface area contributed by atoms with Crippen LogP contribution in [0.5, 0.6) is 0 Å². The average molecular weight is 162 g/mol. The summed E-state index contributed by atoms with van der Waals surface area (Å²) in [6.45, 7) is 7.67. The fourth-order valence-corrected chi connectivity index (χ4v) is 1.22. The molecule has 2 unspecified atom stereocenters. The predicted octanol–water partition coefficient (Wildman–Crippen LogP) is 2.51. The maximum Gasteiger partial charge on any atom is 0.145 e. The van der Waals surface area contributed by atoms with Crippen LogP contribution in [0.4, 0.5) is 0 Å². The monoisotopic (exact) mass is 162 g/mol. The van der Waals surface area contributed by atoms with Gasteiger partial charge in [0.15, 0.2) is 0 Å². The van der Waals surface area contributed by atoms with Gasteiger partial charge >= 0.3 is 0 Å². The van der Waals surface area contributed by atoms with Crippen molar-refractivity contribution in [3.05, 3.63) is 36.0 Å². The van der Waals surface area contributed by atoms with E-state index in [0.717, 1.165) is 11.9 Å². The van der Waals surface area contributed by atoms with E-state index in [2.05, 4.69) is 19.6 Å². The maximum atomic E-state index is 10.3. The van der Waals surface area contributed by atoms with Crippen molar-refractivity contribution in [1.29, 1.82) is 0 Å². The summed E-state index contributed by atoms with van der Waals surface area (Å²) in [6.07, 6.45) is 6.97. The van der Waals surface area contributed by atoms with Crippen LogP contribution in [0.15, 0.2) is 36.0 Å². The lowest BCUT2D eigenvalue weighted by molar-refractivity contribution is -0.104. The molecule has 0 spiro atoms. The Morgan fingerprint density at radius 1 is 1.75 bits per heavy atom. The fraction of sp³-hybridized carbons (Fsp3) is 0.364. The highest BCUT2D eigenvalue weighted by Gasteiger charge is 2.25. The number of carbonyl (C=O) groups excluding carboxylic acids is 1. The molecular formula is C11H14O. The molecule has 1 nitrogen and oxygen atoms in total. The van der Waals surface area contributed by atoms with Crippen molar-refractivity contribution >= 4 is 6.29 Å². The SMILES string of the molecule is C=CC(C)C1=CC1C=C(C)C=O. The normalized spacial score (nSPS) is 24.3. The van der Waals surface area contributed by atoms with Crippen LogP contribution in [-0.4, -0.2) is 6.29 Å². The number of aldehydes is 1. The van der Waals surface area contributed by atoms with Gasteiger partial charge in [-0.05, 0) is 18.4 Å². The molecular weight excluding hydrogens is 148 g/mol. The van der Waals surface area contributed by atoms with Crippen LogP contribution < -0.4 is 0 Å².